The number of sulfonamides is 1. The molecule has 0 bridgehead atoms. The second-order valence-corrected chi connectivity index (χ2v) is 10.7. The Hall–Kier alpha value is -2.83. The molecule has 188 valence electrons. The van der Waals surface area contributed by atoms with Crippen LogP contribution in [0.3, 0.4) is 0 Å². The Kier molecular flexibility index (Phi) is 7.25. The van der Waals surface area contributed by atoms with Crippen molar-refractivity contribution in [2.45, 2.75) is 17.5 Å². The van der Waals surface area contributed by atoms with E-state index in [4.69, 9.17) is 14.5 Å². The summed E-state index contributed by atoms with van der Waals surface area (Å²) in [5.74, 6) is 1.45. The molecule has 0 atom stereocenters. The molecule has 1 aliphatic heterocycles. The fourth-order valence-electron chi connectivity index (χ4n) is 3.84. The van der Waals surface area contributed by atoms with Gasteiger partial charge in [0.15, 0.2) is 5.13 Å². The number of hydrogen-bond donors (Lipinski definition) is 0. The van der Waals surface area contributed by atoms with E-state index in [1.165, 1.54) is 21.7 Å². The van der Waals surface area contributed by atoms with Crippen molar-refractivity contribution in [3.63, 3.8) is 0 Å². The topological polar surface area (TPSA) is 72.0 Å². The number of alkyl halides is 3. The van der Waals surface area contributed by atoms with Gasteiger partial charge in [-0.3, -0.25) is 0 Å². The maximum absolute atomic E-state index is 13.0. The molecular formula is C23H24F3N3O4S2. The molecule has 0 radical (unpaired) electrons. The van der Waals surface area contributed by atoms with Crippen molar-refractivity contribution in [2.75, 3.05) is 45.3 Å². The zero-order valence-corrected chi connectivity index (χ0v) is 20.7. The van der Waals surface area contributed by atoms with Crippen LogP contribution in [0.5, 0.6) is 11.5 Å². The van der Waals surface area contributed by atoms with Gasteiger partial charge in [0.05, 0.1) is 30.4 Å². The molecule has 0 spiro atoms. The van der Waals surface area contributed by atoms with Gasteiger partial charge in [-0.25, -0.2) is 13.4 Å². The maximum atomic E-state index is 13.0. The van der Waals surface area contributed by atoms with Crippen LogP contribution in [0, 0.1) is 0 Å². The highest BCUT2D eigenvalue weighted by atomic mass is 32.2. The van der Waals surface area contributed by atoms with E-state index in [-0.39, 0.29) is 18.0 Å². The average Bonchev–Trinajstić information content (AvgIpc) is 3.32. The van der Waals surface area contributed by atoms with Crippen LogP contribution >= 0.6 is 11.3 Å². The number of benzene rings is 2. The van der Waals surface area contributed by atoms with Crippen LogP contribution in [0.4, 0.5) is 18.3 Å². The first-order valence-corrected chi connectivity index (χ1v) is 13.0. The zero-order chi connectivity index (χ0) is 25.2. The summed E-state index contributed by atoms with van der Waals surface area (Å²) >= 11 is 1.46. The number of aromatic nitrogens is 1. The summed E-state index contributed by atoms with van der Waals surface area (Å²) < 4.78 is 76.9. The summed E-state index contributed by atoms with van der Waals surface area (Å²) in [7, 11) is -0.838. The van der Waals surface area contributed by atoms with Crippen LogP contribution in [0.15, 0.2) is 52.7 Å². The van der Waals surface area contributed by atoms with Gasteiger partial charge in [-0.05, 0) is 36.4 Å². The van der Waals surface area contributed by atoms with Crippen LogP contribution < -0.4 is 14.4 Å². The Balaban J connectivity index is 1.43. The van der Waals surface area contributed by atoms with E-state index in [1.54, 1.807) is 14.2 Å². The number of anilines is 1. The number of nitrogens with zero attached hydrogens (tertiary/aromatic N) is 3. The smallest absolute Gasteiger partial charge is 0.416 e. The van der Waals surface area contributed by atoms with Crippen molar-refractivity contribution < 1.29 is 31.1 Å². The molecule has 2 heterocycles. The Labute approximate surface area is 205 Å². The number of piperazine rings is 1. The Morgan fingerprint density at radius 1 is 1.03 bits per heavy atom. The van der Waals surface area contributed by atoms with E-state index in [2.05, 4.69) is 0 Å². The van der Waals surface area contributed by atoms with Crippen molar-refractivity contribution in [1.29, 1.82) is 0 Å². The van der Waals surface area contributed by atoms with E-state index in [9.17, 15) is 21.6 Å². The van der Waals surface area contributed by atoms with Gasteiger partial charge in [0, 0.05) is 43.5 Å². The monoisotopic (exact) mass is 527 g/mol. The van der Waals surface area contributed by atoms with Crippen molar-refractivity contribution >= 4 is 26.5 Å². The van der Waals surface area contributed by atoms with E-state index >= 15 is 0 Å². The number of methoxy groups -OCH3 is 2. The second-order valence-electron chi connectivity index (χ2n) is 7.89. The number of ether oxygens (including phenoxy) is 2. The fraction of sp³-hybridized carbons (Fsp3) is 0.348. The second kappa shape index (κ2) is 10.0. The van der Waals surface area contributed by atoms with Crippen LogP contribution in [0.2, 0.25) is 0 Å². The third kappa shape index (κ3) is 5.54. The molecule has 0 aliphatic carbocycles. The standard InChI is InChI=1S/C23H24F3N3O4S2/c1-32-19-6-7-21(33-2)16(13-19)12-18-15-34-22(27-18)28-8-10-29(11-9-28)35(30,31)20-5-3-4-17(14-20)23(24,25)26/h3-7,13-15H,8-12H2,1-2H3. The molecule has 1 aliphatic rings. The average molecular weight is 528 g/mol. The molecule has 1 saturated heterocycles. The first-order chi connectivity index (χ1) is 16.6. The largest absolute Gasteiger partial charge is 0.497 e. The first kappa shape index (κ1) is 25.3. The molecule has 1 fully saturated rings. The Bertz CT molecular complexity index is 1290. The Morgan fingerprint density at radius 3 is 2.43 bits per heavy atom. The van der Waals surface area contributed by atoms with Gasteiger partial charge in [-0.15, -0.1) is 11.3 Å². The summed E-state index contributed by atoms with van der Waals surface area (Å²) in [4.78, 5) is 6.32. The van der Waals surface area contributed by atoms with Crippen LogP contribution in [-0.2, 0) is 22.6 Å². The van der Waals surface area contributed by atoms with Gasteiger partial charge < -0.3 is 14.4 Å². The minimum absolute atomic E-state index is 0.150. The van der Waals surface area contributed by atoms with Crippen molar-refractivity contribution in [1.82, 2.24) is 9.29 Å². The van der Waals surface area contributed by atoms with E-state index < -0.39 is 21.8 Å². The predicted molar refractivity (Wildman–Crippen MR) is 127 cm³/mol. The highest BCUT2D eigenvalue weighted by Crippen LogP contribution is 2.32. The van der Waals surface area contributed by atoms with Crippen molar-refractivity contribution in [2.24, 2.45) is 0 Å². The summed E-state index contributed by atoms with van der Waals surface area (Å²) in [5.41, 5.74) is 0.788. The lowest BCUT2D eigenvalue weighted by Gasteiger charge is -2.33. The molecule has 2 aromatic carbocycles. The van der Waals surface area contributed by atoms with E-state index in [0.717, 1.165) is 34.3 Å². The third-order valence-corrected chi connectivity index (χ3v) is 8.55. The lowest BCUT2D eigenvalue weighted by molar-refractivity contribution is -0.137. The molecule has 3 aromatic rings. The summed E-state index contributed by atoms with van der Waals surface area (Å²) in [6, 6.07) is 9.40. The predicted octanol–water partition coefficient (Wildman–Crippen LogP) is 4.28. The van der Waals surface area contributed by atoms with Gasteiger partial charge in [-0.1, -0.05) is 6.07 Å². The van der Waals surface area contributed by atoms with Gasteiger partial charge in [0.2, 0.25) is 10.0 Å². The molecule has 0 N–H and O–H groups in total. The lowest BCUT2D eigenvalue weighted by atomic mass is 10.1. The van der Waals surface area contributed by atoms with Crippen LogP contribution in [-0.4, -0.2) is 58.1 Å². The minimum Gasteiger partial charge on any atom is -0.497 e. The highest BCUT2D eigenvalue weighted by Gasteiger charge is 2.34. The number of hydrogen-bond acceptors (Lipinski definition) is 7. The molecule has 0 saturated carbocycles. The van der Waals surface area contributed by atoms with Crippen molar-refractivity contribution in [3.05, 3.63) is 64.7 Å². The van der Waals surface area contributed by atoms with Gasteiger partial charge in [0.25, 0.3) is 0 Å². The molecule has 1 aromatic heterocycles. The highest BCUT2D eigenvalue weighted by molar-refractivity contribution is 7.89. The third-order valence-electron chi connectivity index (χ3n) is 5.71. The van der Waals surface area contributed by atoms with Crippen LogP contribution in [0.1, 0.15) is 16.8 Å². The van der Waals surface area contributed by atoms with Gasteiger partial charge in [0.1, 0.15) is 11.5 Å². The van der Waals surface area contributed by atoms with E-state index in [1.807, 2.05) is 28.5 Å². The fourth-order valence-corrected chi connectivity index (χ4v) is 6.19. The summed E-state index contributed by atoms with van der Waals surface area (Å²) in [5, 5.41) is 2.71. The molecule has 0 amide bonds. The lowest BCUT2D eigenvalue weighted by Crippen LogP contribution is -2.48. The van der Waals surface area contributed by atoms with Crippen molar-refractivity contribution in [3.8, 4) is 11.5 Å². The molecular weight excluding hydrogens is 503 g/mol. The summed E-state index contributed by atoms with van der Waals surface area (Å²) in [6.07, 6.45) is -4.07. The minimum atomic E-state index is -4.61. The Morgan fingerprint density at radius 2 is 1.77 bits per heavy atom. The first-order valence-electron chi connectivity index (χ1n) is 10.7. The van der Waals surface area contributed by atoms with Crippen LogP contribution in [0.25, 0.3) is 0 Å². The number of thiazole rings is 1. The quantitative estimate of drug-likeness (QED) is 0.457. The zero-order valence-electron chi connectivity index (χ0n) is 19.1. The SMILES string of the molecule is COc1ccc(OC)c(Cc2csc(N3CCN(S(=O)(=O)c4cccc(C(F)(F)F)c4)CC3)n2)c1. The summed E-state index contributed by atoms with van der Waals surface area (Å²) in [6.45, 7) is 1.07. The molecule has 7 nitrogen and oxygen atoms in total. The number of halogens is 3. The normalized spacial score (nSPS) is 15.3. The van der Waals surface area contributed by atoms with Gasteiger partial charge in [-0.2, -0.15) is 17.5 Å². The van der Waals surface area contributed by atoms with E-state index in [0.29, 0.717) is 31.3 Å². The molecule has 35 heavy (non-hydrogen) atoms. The molecule has 4 rings (SSSR count). The molecule has 0 unspecified atom stereocenters. The maximum Gasteiger partial charge on any atom is 0.416 e. The number of rotatable bonds is 7. The molecule has 12 heteroatoms. The van der Waals surface area contributed by atoms with Gasteiger partial charge >= 0.3 is 6.18 Å².